The number of hydrogen-bond donors (Lipinski definition) is 2. The number of aromatic hydroxyl groups is 2. The Kier molecular flexibility index (Phi) is 1.57. The standard InChI is InChI=1S/C8H4N2O2S/c9-3-7-10-8-5(12)1-4(11)2-6(8)13-7/h1-2,11-12H. The highest BCUT2D eigenvalue weighted by Gasteiger charge is 2.08. The monoisotopic (exact) mass is 192 g/mol. The summed E-state index contributed by atoms with van der Waals surface area (Å²) in [5.74, 6) is -0.133. The lowest BCUT2D eigenvalue weighted by Gasteiger charge is -1.93. The van der Waals surface area contributed by atoms with Crippen LogP contribution in [0.25, 0.3) is 10.2 Å². The molecule has 0 fully saturated rings. The van der Waals surface area contributed by atoms with Crippen molar-refractivity contribution in [1.82, 2.24) is 4.98 Å². The summed E-state index contributed by atoms with van der Waals surface area (Å²) in [5, 5.41) is 27.3. The summed E-state index contributed by atoms with van der Waals surface area (Å²) >= 11 is 1.13. The van der Waals surface area contributed by atoms with Gasteiger partial charge in [0, 0.05) is 6.07 Å². The van der Waals surface area contributed by atoms with Gasteiger partial charge in [0.15, 0.2) is 5.01 Å². The van der Waals surface area contributed by atoms with Gasteiger partial charge >= 0.3 is 0 Å². The zero-order chi connectivity index (χ0) is 9.42. The highest BCUT2D eigenvalue weighted by atomic mass is 32.1. The van der Waals surface area contributed by atoms with Crippen LogP contribution in [0.3, 0.4) is 0 Å². The zero-order valence-electron chi connectivity index (χ0n) is 6.35. The second kappa shape index (κ2) is 2.61. The van der Waals surface area contributed by atoms with Crippen molar-refractivity contribution in [2.75, 3.05) is 0 Å². The average molecular weight is 192 g/mol. The topological polar surface area (TPSA) is 77.1 Å². The van der Waals surface area contributed by atoms with Gasteiger partial charge in [0.1, 0.15) is 23.1 Å². The normalized spacial score (nSPS) is 10.1. The number of fused-ring (bicyclic) bond motifs is 1. The molecule has 0 spiro atoms. The summed E-state index contributed by atoms with van der Waals surface area (Å²) in [4.78, 5) is 3.87. The van der Waals surface area contributed by atoms with Crippen molar-refractivity contribution < 1.29 is 10.2 Å². The number of thiazole rings is 1. The molecule has 2 rings (SSSR count). The minimum absolute atomic E-state index is 0.0295. The summed E-state index contributed by atoms with van der Waals surface area (Å²) in [6.45, 7) is 0. The van der Waals surface area contributed by atoms with Gasteiger partial charge in [0.05, 0.1) is 4.70 Å². The molecule has 2 N–H and O–H groups in total. The predicted octanol–water partition coefficient (Wildman–Crippen LogP) is 1.58. The second-order valence-electron chi connectivity index (χ2n) is 2.44. The van der Waals surface area contributed by atoms with Crippen molar-refractivity contribution in [1.29, 1.82) is 5.26 Å². The Balaban J connectivity index is 2.84. The van der Waals surface area contributed by atoms with Gasteiger partial charge in [-0.2, -0.15) is 5.26 Å². The Morgan fingerprint density at radius 1 is 1.38 bits per heavy atom. The maximum atomic E-state index is 9.34. The molecule has 0 saturated heterocycles. The van der Waals surface area contributed by atoms with Gasteiger partial charge in [-0.15, -0.1) is 11.3 Å². The molecule has 1 heterocycles. The van der Waals surface area contributed by atoms with Crippen molar-refractivity contribution >= 4 is 21.6 Å². The Morgan fingerprint density at radius 3 is 2.85 bits per heavy atom. The fourth-order valence-electron chi connectivity index (χ4n) is 1.05. The van der Waals surface area contributed by atoms with Crippen LogP contribution in [0.2, 0.25) is 0 Å². The van der Waals surface area contributed by atoms with Gasteiger partial charge in [-0.25, -0.2) is 4.98 Å². The first-order chi connectivity index (χ1) is 6.20. The molecule has 0 atom stereocenters. The molecular formula is C8H4N2O2S. The van der Waals surface area contributed by atoms with Crippen LogP contribution < -0.4 is 0 Å². The lowest BCUT2D eigenvalue weighted by molar-refractivity contribution is 0.454. The maximum Gasteiger partial charge on any atom is 0.195 e. The molecule has 13 heavy (non-hydrogen) atoms. The van der Waals surface area contributed by atoms with Crippen LogP contribution >= 0.6 is 11.3 Å². The first kappa shape index (κ1) is 7.83. The van der Waals surface area contributed by atoms with Gasteiger partial charge in [-0.1, -0.05) is 0 Å². The Morgan fingerprint density at radius 2 is 2.15 bits per heavy atom. The zero-order valence-corrected chi connectivity index (χ0v) is 7.17. The predicted molar refractivity (Wildman–Crippen MR) is 47.7 cm³/mol. The summed E-state index contributed by atoms with van der Waals surface area (Å²) in [7, 11) is 0. The van der Waals surface area contributed by atoms with Gasteiger partial charge < -0.3 is 10.2 Å². The molecule has 0 aliphatic heterocycles. The molecule has 0 amide bonds. The third-order valence-electron chi connectivity index (χ3n) is 1.56. The molecule has 0 bridgehead atoms. The molecule has 0 aliphatic carbocycles. The van der Waals surface area contributed by atoms with Crippen LogP contribution in [-0.4, -0.2) is 15.2 Å². The summed E-state index contributed by atoms with van der Waals surface area (Å²) in [5.41, 5.74) is 0.361. The minimum atomic E-state index is -0.104. The summed E-state index contributed by atoms with van der Waals surface area (Å²) < 4.78 is 0.606. The summed E-state index contributed by atoms with van der Waals surface area (Å²) in [6.07, 6.45) is 0. The minimum Gasteiger partial charge on any atom is -0.508 e. The molecule has 0 unspecified atom stereocenters. The molecule has 1 aromatic heterocycles. The van der Waals surface area contributed by atoms with Gasteiger partial charge in [-0.05, 0) is 6.07 Å². The highest BCUT2D eigenvalue weighted by Crippen LogP contribution is 2.32. The number of nitrogens with zero attached hydrogens (tertiary/aromatic N) is 2. The van der Waals surface area contributed by atoms with Crippen LogP contribution in [0, 0.1) is 11.3 Å². The van der Waals surface area contributed by atoms with E-state index in [0.717, 1.165) is 11.3 Å². The number of hydrogen-bond acceptors (Lipinski definition) is 5. The van der Waals surface area contributed by atoms with Gasteiger partial charge in [0.2, 0.25) is 0 Å². The van der Waals surface area contributed by atoms with E-state index in [1.54, 1.807) is 0 Å². The quantitative estimate of drug-likeness (QED) is 0.664. The van der Waals surface area contributed by atoms with E-state index in [0.29, 0.717) is 10.2 Å². The molecule has 2 aromatic rings. The molecule has 0 saturated carbocycles. The molecule has 5 heteroatoms. The van der Waals surface area contributed by atoms with Crippen LogP contribution in [0.15, 0.2) is 12.1 Å². The lowest BCUT2D eigenvalue weighted by Crippen LogP contribution is -1.72. The van der Waals surface area contributed by atoms with Crippen LogP contribution in [0.5, 0.6) is 11.5 Å². The van der Waals surface area contributed by atoms with E-state index in [-0.39, 0.29) is 16.5 Å². The van der Waals surface area contributed by atoms with E-state index in [1.165, 1.54) is 12.1 Å². The van der Waals surface area contributed by atoms with E-state index in [2.05, 4.69) is 4.98 Å². The second-order valence-corrected chi connectivity index (χ2v) is 3.47. The lowest BCUT2D eigenvalue weighted by atomic mass is 10.3. The van der Waals surface area contributed by atoms with Gasteiger partial charge in [0.25, 0.3) is 0 Å². The fourth-order valence-corrected chi connectivity index (χ4v) is 1.86. The smallest absolute Gasteiger partial charge is 0.195 e. The van der Waals surface area contributed by atoms with Crippen LogP contribution in [0.4, 0.5) is 0 Å². The number of aromatic nitrogens is 1. The number of phenols is 2. The number of rotatable bonds is 0. The first-order valence-electron chi connectivity index (χ1n) is 3.43. The van der Waals surface area contributed by atoms with Crippen LogP contribution in [-0.2, 0) is 0 Å². The molecule has 4 nitrogen and oxygen atoms in total. The van der Waals surface area contributed by atoms with E-state index in [1.807, 2.05) is 6.07 Å². The molecule has 1 aromatic carbocycles. The van der Waals surface area contributed by atoms with Crippen molar-refractivity contribution in [2.24, 2.45) is 0 Å². The molecule has 64 valence electrons. The van der Waals surface area contributed by atoms with E-state index >= 15 is 0 Å². The summed E-state index contributed by atoms with van der Waals surface area (Å²) in [6, 6.07) is 4.54. The molecule has 0 radical (unpaired) electrons. The van der Waals surface area contributed by atoms with E-state index < -0.39 is 0 Å². The number of nitriles is 1. The molecule has 0 aliphatic rings. The third kappa shape index (κ3) is 1.17. The highest BCUT2D eigenvalue weighted by molar-refractivity contribution is 7.19. The number of phenolic OH excluding ortho intramolecular Hbond substituents is 2. The third-order valence-corrected chi connectivity index (χ3v) is 2.46. The fraction of sp³-hybridized carbons (Fsp3) is 0. The largest absolute Gasteiger partial charge is 0.508 e. The van der Waals surface area contributed by atoms with Crippen molar-refractivity contribution in [3.05, 3.63) is 17.1 Å². The van der Waals surface area contributed by atoms with E-state index in [4.69, 9.17) is 10.4 Å². The van der Waals surface area contributed by atoms with Crippen molar-refractivity contribution in [3.63, 3.8) is 0 Å². The average Bonchev–Trinajstić information content (AvgIpc) is 2.47. The van der Waals surface area contributed by atoms with Crippen molar-refractivity contribution in [2.45, 2.75) is 0 Å². The first-order valence-corrected chi connectivity index (χ1v) is 4.25. The van der Waals surface area contributed by atoms with E-state index in [9.17, 15) is 5.11 Å². The Hall–Kier alpha value is -1.80. The Bertz CT molecular complexity index is 513. The van der Waals surface area contributed by atoms with Gasteiger partial charge in [-0.3, -0.25) is 0 Å². The maximum absolute atomic E-state index is 9.34. The molecular weight excluding hydrogens is 188 g/mol. The number of benzene rings is 1. The SMILES string of the molecule is N#Cc1nc2c(O)cc(O)cc2s1. The van der Waals surface area contributed by atoms with Crippen molar-refractivity contribution in [3.8, 4) is 17.6 Å². The Labute approximate surface area is 77.3 Å². The van der Waals surface area contributed by atoms with Crippen LogP contribution in [0.1, 0.15) is 5.01 Å².